The van der Waals surface area contributed by atoms with Crippen molar-refractivity contribution in [1.29, 1.82) is 0 Å². The first-order chi connectivity index (χ1) is 12.3. The fraction of sp³-hybridized carbons (Fsp3) is 0.111. The summed E-state index contributed by atoms with van der Waals surface area (Å²) in [6.07, 6.45) is 4.89. The molecule has 0 radical (unpaired) electrons. The molecule has 0 unspecified atom stereocenters. The smallest absolute Gasteiger partial charge is 0.247 e. The Labute approximate surface area is 149 Å². The van der Waals surface area contributed by atoms with E-state index in [0.717, 1.165) is 16.8 Å². The van der Waals surface area contributed by atoms with E-state index in [9.17, 15) is 0 Å². The molecular weight excluding hydrogens is 334 g/mol. The molecule has 25 heavy (non-hydrogen) atoms. The average molecular weight is 349 g/mol. The molecule has 0 fully saturated rings. The van der Waals surface area contributed by atoms with E-state index in [2.05, 4.69) is 32.1 Å². The lowest BCUT2D eigenvalue weighted by Crippen LogP contribution is -2.17. The Morgan fingerprint density at radius 2 is 2.12 bits per heavy atom. The molecule has 0 saturated carbocycles. The molecule has 0 aliphatic carbocycles. The van der Waals surface area contributed by atoms with Gasteiger partial charge < -0.3 is 10.1 Å². The lowest BCUT2D eigenvalue weighted by atomic mass is 10.1. The van der Waals surface area contributed by atoms with Crippen LogP contribution in [0.2, 0.25) is 0 Å². The third kappa shape index (κ3) is 3.18. The molecule has 124 valence electrons. The van der Waals surface area contributed by atoms with Crippen molar-refractivity contribution in [3.63, 3.8) is 0 Å². The number of nitrogens with one attached hydrogen (secondary N) is 1. The second-order valence-corrected chi connectivity index (χ2v) is 6.31. The first-order valence-electron chi connectivity index (χ1n) is 7.76. The molecule has 7 heteroatoms. The van der Waals surface area contributed by atoms with Crippen LogP contribution in [0, 0.1) is 0 Å². The van der Waals surface area contributed by atoms with Gasteiger partial charge in [0.05, 0.1) is 0 Å². The average Bonchev–Trinajstić information content (AvgIpc) is 2.83. The van der Waals surface area contributed by atoms with Gasteiger partial charge in [-0.25, -0.2) is 0 Å². The number of pyridine rings is 1. The van der Waals surface area contributed by atoms with Crippen molar-refractivity contribution in [1.82, 2.24) is 20.2 Å². The Bertz CT molecular complexity index is 903. The highest BCUT2D eigenvalue weighted by atomic mass is 32.2. The molecule has 4 rings (SSSR count). The Kier molecular flexibility index (Phi) is 4.30. The van der Waals surface area contributed by atoms with Crippen LogP contribution in [0.15, 0.2) is 66.6 Å². The molecular formula is C18H15N5OS. The number of nitrogens with zero attached hydrogens (tertiary/aromatic N) is 4. The number of hydrogen-bond donors (Lipinski definition) is 1. The number of benzene rings is 1. The Balaban J connectivity index is 1.80. The van der Waals surface area contributed by atoms with Gasteiger partial charge in [-0.15, -0.1) is 16.8 Å². The van der Waals surface area contributed by atoms with Crippen LogP contribution < -0.4 is 10.1 Å². The zero-order chi connectivity index (χ0) is 17.1. The summed E-state index contributed by atoms with van der Waals surface area (Å²) in [6, 6.07) is 11.7. The molecule has 1 atom stereocenters. The highest BCUT2D eigenvalue weighted by molar-refractivity contribution is 7.99. The van der Waals surface area contributed by atoms with E-state index >= 15 is 0 Å². The molecule has 0 amide bonds. The van der Waals surface area contributed by atoms with E-state index in [1.54, 1.807) is 18.5 Å². The lowest BCUT2D eigenvalue weighted by Gasteiger charge is -2.18. The van der Waals surface area contributed by atoms with Crippen LogP contribution in [-0.4, -0.2) is 25.9 Å². The zero-order valence-electron chi connectivity index (χ0n) is 13.3. The maximum absolute atomic E-state index is 6.14. The fourth-order valence-electron chi connectivity index (χ4n) is 2.52. The van der Waals surface area contributed by atoms with Crippen LogP contribution in [-0.2, 0) is 0 Å². The molecule has 3 heterocycles. The van der Waals surface area contributed by atoms with Gasteiger partial charge in [-0.3, -0.25) is 4.98 Å². The predicted molar refractivity (Wildman–Crippen MR) is 97.4 cm³/mol. The van der Waals surface area contributed by atoms with Crippen LogP contribution in [0.1, 0.15) is 11.8 Å². The minimum Gasteiger partial charge on any atom is -0.448 e. The number of para-hydroxylation sites is 1. The standard InChI is InChI=1S/C18H15N5OS/c1-2-10-25-18-21-17-15(22-23-18)13-7-3-4-8-14(13)20-16(24-17)12-6-5-9-19-11-12/h2-9,11,16,20H,1,10H2/t16-/m0/s1. The van der Waals surface area contributed by atoms with Crippen molar-refractivity contribution in [2.45, 2.75) is 11.4 Å². The quantitative estimate of drug-likeness (QED) is 0.568. The lowest BCUT2D eigenvalue weighted by molar-refractivity contribution is 0.225. The van der Waals surface area contributed by atoms with Gasteiger partial charge in [-0.1, -0.05) is 42.1 Å². The third-order valence-corrected chi connectivity index (χ3v) is 4.48. The number of fused-ring (bicyclic) bond motifs is 3. The van der Waals surface area contributed by atoms with Crippen LogP contribution in [0.25, 0.3) is 11.3 Å². The van der Waals surface area contributed by atoms with Gasteiger partial charge in [0.15, 0.2) is 11.9 Å². The van der Waals surface area contributed by atoms with E-state index in [4.69, 9.17) is 4.74 Å². The SMILES string of the molecule is C=CCSc1nnc2c(n1)O[C@@H](c1cccnc1)Nc1ccccc1-2. The number of hydrogen-bond acceptors (Lipinski definition) is 7. The number of rotatable bonds is 4. The van der Waals surface area contributed by atoms with Gasteiger partial charge in [0.1, 0.15) is 0 Å². The molecule has 0 saturated heterocycles. The molecule has 1 aliphatic heterocycles. The van der Waals surface area contributed by atoms with Gasteiger partial charge in [0, 0.05) is 35.0 Å². The van der Waals surface area contributed by atoms with Crippen LogP contribution >= 0.6 is 11.8 Å². The molecule has 1 N–H and O–H groups in total. The summed E-state index contributed by atoms with van der Waals surface area (Å²) in [6.45, 7) is 3.71. The monoisotopic (exact) mass is 349 g/mol. The third-order valence-electron chi connectivity index (χ3n) is 3.65. The summed E-state index contributed by atoms with van der Waals surface area (Å²) in [5.41, 5.74) is 3.35. The molecule has 6 nitrogen and oxygen atoms in total. The van der Waals surface area contributed by atoms with Crippen molar-refractivity contribution in [3.8, 4) is 17.1 Å². The van der Waals surface area contributed by atoms with Crippen molar-refractivity contribution in [2.75, 3.05) is 11.1 Å². The van der Waals surface area contributed by atoms with Gasteiger partial charge in [-0.05, 0) is 12.1 Å². The van der Waals surface area contributed by atoms with Gasteiger partial charge in [0.2, 0.25) is 11.0 Å². The Morgan fingerprint density at radius 3 is 2.96 bits per heavy atom. The summed E-state index contributed by atoms with van der Waals surface area (Å²) in [4.78, 5) is 8.72. The highest BCUT2D eigenvalue weighted by Crippen LogP contribution is 2.39. The molecule has 0 spiro atoms. The zero-order valence-corrected chi connectivity index (χ0v) is 14.1. The van der Waals surface area contributed by atoms with Crippen molar-refractivity contribution >= 4 is 17.4 Å². The second-order valence-electron chi connectivity index (χ2n) is 5.32. The normalized spacial score (nSPS) is 15.1. The largest absolute Gasteiger partial charge is 0.448 e. The summed E-state index contributed by atoms with van der Waals surface area (Å²) in [5.74, 6) is 1.16. The summed E-state index contributed by atoms with van der Waals surface area (Å²) in [7, 11) is 0. The first-order valence-corrected chi connectivity index (χ1v) is 8.74. The minimum absolute atomic E-state index is 0.412. The van der Waals surface area contributed by atoms with E-state index in [-0.39, 0.29) is 0 Å². The Morgan fingerprint density at radius 1 is 1.20 bits per heavy atom. The van der Waals surface area contributed by atoms with Crippen molar-refractivity contribution in [2.24, 2.45) is 0 Å². The van der Waals surface area contributed by atoms with Gasteiger partial charge >= 0.3 is 0 Å². The van der Waals surface area contributed by atoms with E-state index in [0.29, 0.717) is 22.5 Å². The van der Waals surface area contributed by atoms with E-state index in [1.165, 1.54) is 11.8 Å². The maximum Gasteiger partial charge on any atom is 0.247 e. The maximum atomic E-state index is 6.14. The Hall–Kier alpha value is -2.93. The second kappa shape index (κ2) is 6.90. The molecule has 3 aromatic rings. The first kappa shape index (κ1) is 15.6. The summed E-state index contributed by atoms with van der Waals surface area (Å²) < 4.78 is 6.14. The van der Waals surface area contributed by atoms with Gasteiger partial charge in [0.25, 0.3) is 0 Å². The minimum atomic E-state index is -0.412. The summed E-state index contributed by atoms with van der Waals surface area (Å²) in [5, 5.41) is 12.5. The van der Waals surface area contributed by atoms with Crippen LogP contribution in [0.4, 0.5) is 5.69 Å². The molecule has 1 aliphatic rings. The van der Waals surface area contributed by atoms with Crippen molar-refractivity contribution < 1.29 is 4.74 Å². The summed E-state index contributed by atoms with van der Waals surface area (Å²) >= 11 is 1.46. The van der Waals surface area contributed by atoms with Crippen molar-refractivity contribution in [3.05, 3.63) is 67.0 Å². The molecule has 1 aromatic carbocycles. The molecule has 2 aromatic heterocycles. The highest BCUT2D eigenvalue weighted by Gasteiger charge is 2.25. The van der Waals surface area contributed by atoms with E-state index < -0.39 is 6.23 Å². The topological polar surface area (TPSA) is 72.8 Å². The van der Waals surface area contributed by atoms with Crippen LogP contribution in [0.5, 0.6) is 5.88 Å². The molecule has 0 bridgehead atoms. The number of aromatic nitrogens is 4. The van der Waals surface area contributed by atoms with Gasteiger partial charge in [-0.2, -0.15) is 4.98 Å². The predicted octanol–water partition coefficient (Wildman–Crippen LogP) is 3.71. The number of ether oxygens (including phenoxy) is 1. The fourth-order valence-corrected chi connectivity index (χ4v) is 3.04. The number of thioether (sulfide) groups is 1. The van der Waals surface area contributed by atoms with Crippen LogP contribution in [0.3, 0.4) is 0 Å². The van der Waals surface area contributed by atoms with E-state index in [1.807, 2.05) is 36.4 Å². The number of anilines is 1.